The van der Waals surface area contributed by atoms with Crippen molar-refractivity contribution < 1.29 is 0 Å². The number of piperidine rings is 1. The van der Waals surface area contributed by atoms with E-state index in [2.05, 4.69) is 71.2 Å². The average Bonchev–Trinajstić information content (AvgIpc) is 2.68. The van der Waals surface area contributed by atoms with E-state index in [1.807, 2.05) is 7.05 Å². The van der Waals surface area contributed by atoms with Crippen molar-refractivity contribution in [3.05, 3.63) is 35.9 Å². The molecule has 154 valence electrons. The second kappa shape index (κ2) is 13.4. The minimum Gasteiger partial charge on any atom is -0.356 e. The molecule has 0 radical (unpaired) electrons. The van der Waals surface area contributed by atoms with Gasteiger partial charge in [-0.15, -0.1) is 24.0 Å². The van der Waals surface area contributed by atoms with Crippen LogP contribution >= 0.6 is 24.0 Å². The second-order valence-electron chi connectivity index (χ2n) is 7.44. The number of guanidine groups is 1. The fraction of sp³-hybridized carbons (Fsp3) is 0.682. The van der Waals surface area contributed by atoms with E-state index in [0.29, 0.717) is 11.8 Å². The molecule has 2 atom stereocenters. The zero-order chi connectivity index (χ0) is 18.8. The molecule has 1 aromatic rings. The number of nitrogens with zero attached hydrogens (tertiary/aromatic N) is 3. The lowest BCUT2D eigenvalue weighted by molar-refractivity contribution is 0.234. The van der Waals surface area contributed by atoms with E-state index < -0.39 is 0 Å². The Morgan fingerprint density at radius 1 is 1.19 bits per heavy atom. The highest BCUT2D eigenvalue weighted by molar-refractivity contribution is 14.0. The van der Waals surface area contributed by atoms with Gasteiger partial charge in [-0.05, 0) is 56.3 Å². The van der Waals surface area contributed by atoms with Gasteiger partial charge < -0.3 is 15.1 Å². The fourth-order valence-electron chi connectivity index (χ4n) is 4.07. The highest BCUT2D eigenvalue weighted by Crippen LogP contribution is 2.32. The summed E-state index contributed by atoms with van der Waals surface area (Å²) in [5.41, 5.74) is 1.49. The molecule has 1 aromatic carbocycles. The van der Waals surface area contributed by atoms with Crippen LogP contribution in [0.4, 0.5) is 0 Å². The molecule has 1 fully saturated rings. The summed E-state index contributed by atoms with van der Waals surface area (Å²) in [6.45, 7) is 13.5. The van der Waals surface area contributed by atoms with E-state index >= 15 is 0 Å². The minimum atomic E-state index is 0. The van der Waals surface area contributed by atoms with Gasteiger partial charge in [-0.25, -0.2) is 0 Å². The first-order chi connectivity index (χ1) is 12.7. The van der Waals surface area contributed by atoms with Gasteiger partial charge in [-0.3, -0.25) is 4.99 Å². The third-order valence-electron chi connectivity index (χ3n) is 5.72. The van der Waals surface area contributed by atoms with Gasteiger partial charge in [0.05, 0.1) is 0 Å². The van der Waals surface area contributed by atoms with E-state index in [0.717, 1.165) is 38.7 Å². The standard InChI is InChI=1S/C22H38N4.HI/c1-5-25(6-2)16-11-10-15-24-22(23-4)26-17-14-21(19(3)18-26)20-12-8-7-9-13-20;/h7-9,12-13,19,21H,5-6,10-11,14-18H2,1-4H3,(H,23,24);1H. The number of hydrogen-bond acceptors (Lipinski definition) is 2. The van der Waals surface area contributed by atoms with Gasteiger partial charge in [0, 0.05) is 26.7 Å². The number of likely N-dealkylation sites (tertiary alicyclic amines) is 1. The zero-order valence-corrected chi connectivity index (χ0v) is 20.0. The van der Waals surface area contributed by atoms with Crippen LogP contribution in [0.3, 0.4) is 0 Å². The molecule has 0 aromatic heterocycles. The van der Waals surface area contributed by atoms with E-state index in [1.54, 1.807) is 0 Å². The molecule has 2 rings (SSSR count). The number of nitrogens with one attached hydrogen (secondary N) is 1. The van der Waals surface area contributed by atoms with Gasteiger partial charge in [0.15, 0.2) is 5.96 Å². The minimum absolute atomic E-state index is 0. The van der Waals surface area contributed by atoms with Gasteiger partial charge in [-0.1, -0.05) is 51.1 Å². The quantitative estimate of drug-likeness (QED) is 0.255. The van der Waals surface area contributed by atoms with Crippen LogP contribution in [0, 0.1) is 5.92 Å². The van der Waals surface area contributed by atoms with Crippen molar-refractivity contribution in [1.82, 2.24) is 15.1 Å². The van der Waals surface area contributed by atoms with Gasteiger partial charge in [0.2, 0.25) is 0 Å². The van der Waals surface area contributed by atoms with Crippen LogP contribution in [0.5, 0.6) is 0 Å². The van der Waals surface area contributed by atoms with Gasteiger partial charge in [0.1, 0.15) is 0 Å². The van der Waals surface area contributed by atoms with Crippen molar-refractivity contribution in [2.45, 2.75) is 46.0 Å². The molecule has 0 amide bonds. The first-order valence-corrected chi connectivity index (χ1v) is 10.4. The summed E-state index contributed by atoms with van der Waals surface area (Å²) in [4.78, 5) is 9.46. The molecule has 4 nitrogen and oxygen atoms in total. The Labute approximate surface area is 183 Å². The molecule has 0 bridgehead atoms. The van der Waals surface area contributed by atoms with Crippen molar-refractivity contribution >= 4 is 29.9 Å². The van der Waals surface area contributed by atoms with Crippen molar-refractivity contribution in [3.63, 3.8) is 0 Å². The summed E-state index contributed by atoms with van der Waals surface area (Å²) < 4.78 is 0. The maximum Gasteiger partial charge on any atom is 0.193 e. The number of aliphatic imine (C=N–C) groups is 1. The van der Waals surface area contributed by atoms with Crippen molar-refractivity contribution in [1.29, 1.82) is 0 Å². The van der Waals surface area contributed by atoms with Gasteiger partial charge in [-0.2, -0.15) is 0 Å². The van der Waals surface area contributed by atoms with E-state index in [9.17, 15) is 0 Å². The molecule has 0 spiro atoms. The van der Waals surface area contributed by atoms with Crippen molar-refractivity contribution in [2.75, 3.05) is 46.3 Å². The Morgan fingerprint density at radius 3 is 2.48 bits per heavy atom. The number of unbranched alkanes of at least 4 members (excludes halogenated alkanes) is 1. The van der Waals surface area contributed by atoms with Crippen LogP contribution < -0.4 is 5.32 Å². The van der Waals surface area contributed by atoms with Gasteiger partial charge in [0.25, 0.3) is 0 Å². The fourth-order valence-corrected chi connectivity index (χ4v) is 4.07. The summed E-state index contributed by atoms with van der Waals surface area (Å²) in [6, 6.07) is 11.0. The van der Waals surface area contributed by atoms with Crippen LogP contribution in [-0.4, -0.2) is 62.1 Å². The maximum atomic E-state index is 4.53. The summed E-state index contributed by atoms with van der Waals surface area (Å²) in [5, 5.41) is 3.58. The molecule has 1 saturated heterocycles. The maximum absolute atomic E-state index is 4.53. The Morgan fingerprint density at radius 2 is 1.89 bits per heavy atom. The monoisotopic (exact) mass is 486 g/mol. The number of hydrogen-bond donors (Lipinski definition) is 1. The highest BCUT2D eigenvalue weighted by atomic mass is 127. The number of benzene rings is 1. The predicted molar refractivity (Wildman–Crippen MR) is 128 cm³/mol. The zero-order valence-electron chi connectivity index (χ0n) is 17.7. The molecule has 1 aliphatic heterocycles. The average molecular weight is 486 g/mol. The normalized spacial score (nSPS) is 20.5. The highest BCUT2D eigenvalue weighted by Gasteiger charge is 2.28. The first-order valence-electron chi connectivity index (χ1n) is 10.4. The second-order valence-corrected chi connectivity index (χ2v) is 7.44. The molecular weight excluding hydrogens is 447 g/mol. The summed E-state index contributed by atoms with van der Waals surface area (Å²) >= 11 is 0. The molecule has 27 heavy (non-hydrogen) atoms. The Balaban J connectivity index is 0.00000364. The van der Waals surface area contributed by atoms with Crippen molar-refractivity contribution in [3.8, 4) is 0 Å². The third-order valence-corrected chi connectivity index (χ3v) is 5.72. The summed E-state index contributed by atoms with van der Waals surface area (Å²) in [7, 11) is 1.91. The topological polar surface area (TPSA) is 30.9 Å². The molecule has 1 N–H and O–H groups in total. The largest absolute Gasteiger partial charge is 0.356 e. The van der Waals surface area contributed by atoms with Crippen LogP contribution in [0.25, 0.3) is 0 Å². The molecule has 0 saturated carbocycles. The third kappa shape index (κ3) is 7.60. The van der Waals surface area contributed by atoms with Crippen LogP contribution in [0.1, 0.15) is 51.5 Å². The van der Waals surface area contributed by atoms with Gasteiger partial charge >= 0.3 is 0 Å². The molecule has 1 heterocycles. The molecule has 0 aliphatic carbocycles. The summed E-state index contributed by atoms with van der Waals surface area (Å²) in [5.74, 6) is 2.39. The summed E-state index contributed by atoms with van der Waals surface area (Å²) in [6.07, 6.45) is 3.65. The Hall–Kier alpha value is -0.820. The smallest absolute Gasteiger partial charge is 0.193 e. The lowest BCUT2D eigenvalue weighted by atomic mass is 9.82. The number of halogens is 1. The number of rotatable bonds is 8. The van der Waals surface area contributed by atoms with E-state index in [-0.39, 0.29) is 24.0 Å². The van der Waals surface area contributed by atoms with E-state index in [1.165, 1.54) is 31.4 Å². The van der Waals surface area contributed by atoms with Crippen molar-refractivity contribution in [2.24, 2.45) is 10.9 Å². The Bertz CT molecular complexity index is 530. The molecular formula is C22H39IN4. The SMILES string of the molecule is CCN(CC)CCCCNC(=NC)N1CCC(c2ccccc2)C(C)C1.I. The molecule has 1 aliphatic rings. The predicted octanol–water partition coefficient (Wildman–Crippen LogP) is 4.43. The molecule has 5 heteroatoms. The first kappa shape index (κ1) is 24.2. The van der Waals surface area contributed by atoms with Crippen LogP contribution in [0.15, 0.2) is 35.3 Å². The Kier molecular flexibility index (Phi) is 12.0. The lowest BCUT2D eigenvalue weighted by Gasteiger charge is -2.39. The van der Waals surface area contributed by atoms with Crippen LogP contribution in [0.2, 0.25) is 0 Å². The van der Waals surface area contributed by atoms with Crippen LogP contribution in [-0.2, 0) is 0 Å². The molecule has 2 unspecified atom stereocenters. The lowest BCUT2D eigenvalue weighted by Crippen LogP contribution is -2.48. The van der Waals surface area contributed by atoms with E-state index in [4.69, 9.17) is 0 Å².